The van der Waals surface area contributed by atoms with Gasteiger partial charge in [0, 0.05) is 24.4 Å². The zero-order valence-electron chi connectivity index (χ0n) is 14.8. The Morgan fingerprint density at radius 1 is 1.31 bits per heavy atom. The predicted octanol–water partition coefficient (Wildman–Crippen LogP) is 3.67. The summed E-state index contributed by atoms with van der Waals surface area (Å²) in [7, 11) is 0. The zero-order valence-corrected chi connectivity index (χ0v) is 15.6. The van der Waals surface area contributed by atoms with Crippen molar-refractivity contribution >= 4 is 23.2 Å². The van der Waals surface area contributed by atoms with Crippen molar-refractivity contribution in [2.45, 2.75) is 32.2 Å². The average Bonchev–Trinajstić information content (AvgIpc) is 3.48. The molecule has 1 amide bonds. The third-order valence-electron chi connectivity index (χ3n) is 4.50. The topological polar surface area (TPSA) is 65.5 Å². The summed E-state index contributed by atoms with van der Waals surface area (Å²) in [5, 5.41) is 12.8. The van der Waals surface area contributed by atoms with Crippen molar-refractivity contribution in [3.8, 4) is 5.88 Å². The maximum atomic E-state index is 12.5. The Hall–Kier alpha value is -2.47. The van der Waals surface area contributed by atoms with Crippen LogP contribution >= 0.6 is 12.2 Å². The number of hydrogen-bond donors (Lipinski definition) is 2. The molecule has 1 saturated carbocycles. The van der Waals surface area contributed by atoms with Gasteiger partial charge in [0.15, 0.2) is 5.11 Å². The predicted molar refractivity (Wildman–Crippen MR) is 105 cm³/mol. The van der Waals surface area contributed by atoms with Gasteiger partial charge in [0.25, 0.3) is 5.91 Å². The summed E-state index contributed by atoms with van der Waals surface area (Å²) in [4.78, 5) is 18.6. The van der Waals surface area contributed by atoms with E-state index in [1.54, 1.807) is 24.4 Å². The van der Waals surface area contributed by atoms with Crippen LogP contribution in [0.25, 0.3) is 0 Å². The van der Waals surface area contributed by atoms with Crippen LogP contribution in [0.1, 0.15) is 48.1 Å². The third-order valence-corrected chi connectivity index (χ3v) is 4.83. The first-order valence-corrected chi connectivity index (χ1v) is 9.33. The molecular formula is C20H23N3O2S. The molecule has 1 fully saturated rings. The first-order valence-electron chi connectivity index (χ1n) is 8.92. The Bertz CT molecular complexity index is 760. The van der Waals surface area contributed by atoms with E-state index < -0.39 is 0 Å². The van der Waals surface area contributed by atoms with Crippen LogP contribution in [0.4, 0.5) is 0 Å². The maximum Gasteiger partial charge on any atom is 0.257 e. The molecule has 3 rings (SSSR count). The highest BCUT2D eigenvalue weighted by atomic mass is 32.1. The summed E-state index contributed by atoms with van der Waals surface area (Å²) in [6.45, 7) is 2.84. The van der Waals surface area contributed by atoms with Crippen LogP contribution in [-0.2, 0) is 0 Å². The Morgan fingerprint density at radius 2 is 2.04 bits per heavy atom. The molecule has 2 aromatic rings. The molecule has 1 aliphatic rings. The van der Waals surface area contributed by atoms with Crippen LogP contribution in [0.5, 0.6) is 5.88 Å². The molecule has 136 valence electrons. The van der Waals surface area contributed by atoms with Crippen molar-refractivity contribution < 1.29 is 9.90 Å². The maximum absolute atomic E-state index is 12.5. The number of aromatic hydroxyl groups is 1. The number of thiocarbonyl (C=S) groups is 1. The second kappa shape index (κ2) is 8.27. The summed E-state index contributed by atoms with van der Waals surface area (Å²) in [6.07, 6.45) is 4.86. The van der Waals surface area contributed by atoms with E-state index in [2.05, 4.69) is 22.1 Å². The minimum absolute atomic E-state index is 0.00490. The molecule has 0 bridgehead atoms. The minimum Gasteiger partial charge on any atom is -0.493 e. The Balaban J connectivity index is 1.80. The second-order valence-electron chi connectivity index (χ2n) is 6.55. The van der Waals surface area contributed by atoms with Gasteiger partial charge in [-0.1, -0.05) is 31.2 Å². The summed E-state index contributed by atoms with van der Waals surface area (Å²) in [6, 6.07) is 12.6. The fourth-order valence-electron chi connectivity index (χ4n) is 3.13. The smallest absolute Gasteiger partial charge is 0.257 e. The quantitative estimate of drug-likeness (QED) is 0.761. The molecule has 6 heteroatoms. The van der Waals surface area contributed by atoms with Crippen LogP contribution in [0.15, 0.2) is 48.7 Å². The number of amides is 1. The molecule has 1 heterocycles. The van der Waals surface area contributed by atoms with E-state index in [9.17, 15) is 9.90 Å². The highest BCUT2D eigenvalue weighted by Gasteiger charge is 2.37. The molecule has 1 aromatic heterocycles. The molecule has 0 saturated heterocycles. The molecule has 0 spiro atoms. The first kappa shape index (κ1) is 18.3. The van der Waals surface area contributed by atoms with Crippen molar-refractivity contribution in [3.63, 3.8) is 0 Å². The average molecular weight is 369 g/mol. The van der Waals surface area contributed by atoms with Crippen molar-refractivity contribution in [1.29, 1.82) is 0 Å². The number of hydrogen-bond acceptors (Lipinski definition) is 4. The lowest BCUT2D eigenvalue weighted by atomic mass is 10.0. The number of carbonyl (C=O) groups is 1. The van der Waals surface area contributed by atoms with Gasteiger partial charge in [-0.3, -0.25) is 10.1 Å². The van der Waals surface area contributed by atoms with E-state index in [1.165, 1.54) is 0 Å². The number of rotatable bonds is 6. The number of aromatic nitrogens is 1. The van der Waals surface area contributed by atoms with E-state index in [4.69, 9.17) is 12.2 Å². The van der Waals surface area contributed by atoms with Gasteiger partial charge in [-0.2, -0.15) is 0 Å². The summed E-state index contributed by atoms with van der Waals surface area (Å²) in [5.74, 6) is 0.292. The molecule has 1 aromatic carbocycles. The van der Waals surface area contributed by atoms with E-state index >= 15 is 0 Å². The summed E-state index contributed by atoms with van der Waals surface area (Å²) >= 11 is 5.59. The number of benzene rings is 1. The van der Waals surface area contributed by atoms with Gasteiger partial charge >= 0.3 is 0 Å². The van der Waals surface area contributed by atoms with Crippen LogP contribution < -0.4 is 5.32 Å². The van der Waals surface area contributed by atoms with Crippen LogP contribution in [0, 0.1) is 5.92 Å². The standard InChI is InChI=1S/C20H23N3O2S/c1-2-12-23(20(26)22-19(25)15-6-4-3-5-7-15)18(14-8-9-14)16-10-11-17(24)21-13-16/h3-7,10-11,13-14,18H,2,8-9,12H2,1H3,(H,21,24)(H,22,25,26). The number of nitrogens with zero attached hydrogens (tertiary/aromatic N) is 2. The largest absolute Gasteiger partial charge is 0.493 e. The summed E-state index contributed by atoms with van der Waals surface area (Å²) < 4.78 is 0. The summed E-state index contributed by atoms with van der Waals surface area (Å²) in [5.41, 5.74) is 1.59. The van der Waals surface area contributed by atoms with Gasteiger partial charge in [-0.15, -0.1) is 0 Å². The second-order valence-corrected chi connectivity index (χ2v) is 6.94. The molecule has 1 atom stereocenters. The number of carbonyl (C=O) groups excluding carboxylic acids is 1. The molecule has 2 N–H and O–H groups in total. The van der Waals surface area contributed by atoms with E-state index in [0.29, 0.717) is 16.6 Å². The van der Waals surface area contributed by atoms with Crippen LogP contribution in [0.2, 0.25) is 0 Å². The molecule has 1 unspecified atom stereocenters. The van der Waals surface area contributed by atoms with Crippen LogP contribution in [0.3, 0.4) is 0 Å². The molecule has 0 radical (unpaired) electrons. The van der Waals surface area contributed by atoms with Crippen molar-refractivity contribution in [2.24, 2.45) is 5.92 Å². The fourth-order valence-corrected chi connectivity index (χ4v) is 3.43. The van der Waals surface area contributed by atoms with E-state index in [1.807, 2.05) is 24.3 Å². The SMILES string of the molecule is CCCN(C(=S)NC(=O)c1ccccc1)C(c1ccc(O)nc1)C1CC1. The molecule has 0 aliphatic heterocycles. The van der Waals surface area contributed by atoms with Gasteiger partial charge in [-0.05, 0) is 55.1 Å². The van der Waals surface area contributed by atoms with Crippen molar-refractivity contribution in [2.75, 3.05) is 6.54 Å². The Kier molecular flexibility index (Phi) is 5.83. The normalized spacial score (nSPS) is 14.5. The van der Waals surface area contributed by atoms with Crippen LogP contribution in [-0.4, -0.2) is 32.6 Å². The first-order chi connectivity index (χ1) is 12.6. The Labute approximate surface area is 159 Å². The number of pyridine rings is 1. The van der Waals surface area contributed by atoms with Gasteiger partial charge < -0.3 is 10.0 Å². The fraction of sp³-hybridized carbons (Fsp3) is 0.350. The van der Waals surface area contributed by atoms with Crippen molar-refractivity contribution in [1.82, 2.24) is 15.2 Å². The third kappa shape index (κ3) is 4.38. The van der Waals surface area contributed by atoms with Crippen molar-refractivity contribution in [3.05, 3.63) is 59.8 Å². The van der Waals surface area contributed by atoms with Gasteiger partial charge in [0.1, 0.15) is 0 Å². The highest BCUT2D eigenvalue weighted by Crippen LogP contribution is 2.44. The Morgan fingerprint density at radius 3 is 2.62 bits per heavy atom. The molecule has 5 nitrogen and oxygen atoms in total. The van der Waals surface area contributed by atoms with E-state index in [0.717, 1.165) is 31.4 Å². The molecule has 1 aliphatic carbocycles. The monoisotopic (exact) mass is 369 g/mol. The lowest BCUT2D eigenvalue weighted by Crippen LogP contribution is -2.45. The molecule has 26 heavy (non-hydrogen) atoms. The van der Waals surface area contributed by atoms with Gasteiger partial charge in [-0.25, -0.2) is 4.98 Å². The van der Waals surface area contributed by atoms with E-state index in [-0.39, 0.29) is 17.8 Å². The van der Waals surface area contributed by atoms with Gasteiger partial charge in [0.05, 0.1) is 6.04 Å². The minimum atomic E-state index is -0.199. The number of nitrogens with one attached hydrogen (secondary N) is 1. The van der Waals surface area contributed by atoms with Gasteiger partial charge in [0.2, 0.25) is 5.88 Å². The highest BCUT2D eigenvalue weighted by molar-refractivity contribution is 7.80. The lowest BCUT2D eigenvalue weighted by molar-refractivity contribution is 0.0970. The molecular weight excluding hydrogens is 346 g/mol. The lowest BCUT2D eigenvalue weighted by Gasteiger charge is -2.34. The zero-order chi connectivity index (χ0) is 18.5.